The van der Waals surface area contributed by atoms with Crippen molar-refractivity contribution in [2.45, 2.75) is 38.4 Å². The van der Waals surface area contributed by atoms with Crippen LogP contribution in [0.3, 0.4) is 0 Å². The lowest BCUT2D eigenvalue weighted by Gasteiger charge is -2.41. The molecular weight excluding hydrogens is 220 g/mol. The monoisotopic (exact) mass is 240 g/mol. The summed E-state index contributed by atoms with van der Waals surface area (Å²) in [7, 11) is 0. The Kier molecular flexibility index (Phi) is 3.59. The molecule has 3 atom stereocenters. The lowest BCUT2D eigenvalue weighted by molar-refractivity contribution is -0.107. The van der Waals surface area contributed by atoms with Crippen molar-refractivity contribution in [3.05, 3.63) is 48.0 Å². The van der Waals surface area contributed by atoms with Crippen LogP contribution >= 0.6 is 0 Å². The third kappa shape index (κ3) is 2.49. The molecule has 0 aliphatic carbocycles. The van der Waals surface area contributed by atoms with Crippen LogP contribution in [0, 0.1) is 18.3 Å². The van der Waals surface area contributed by atoms with Crippen LogP contribution < -0.4 is 0 Å². The molecule has 0 spiro atoms. The van der Waals surface area contributed by atoms with Crippen LogP contribution in [0.15, 0.2) is 42.5 Å². The summed E-state index contributed by atoms with van der Waals surface area (Å²) >= 11 is 0. The van der Waals surface area contributed by atoms with Gasteiger partial charge in [0.15, 0.2) is 0 Å². The van der Waals surface area contributed by atoms with E-state index in [4.69, 9.17) is 11.2 Å². The molecule has 0 amide bonds. The second kappa shape index (κ2) is 5.00. The van der Waals surface area contributed by atoms with Crippen molar-refractivity contribution < 1.29 is 4.74 Å². The number of hydrogen-bond acceptors (Lipinski definition) is 1. The third-order valence-corrected chi connectivity index (χ3v) is 3.75. The lowest BCUT2D eigenvalue weighted by Crippen LogP contribution is -2.37. The smallest absolute Gasteiger partial charge is 0.126 e. The van der Waals surface area contributed by atoms with Crippen molar-refractivity contribution in [3.8, 4) is 12.3 Å². The van der Waals surface area contributed by atoms with E-state index in [9.17, 15) is 0 Å². The molecule has 0 unspecified atom stereocenters. The summed E-state index contributed by atoms with van der Waals surface area (Å²) in [5, 5.41) is 0. The molecule has 1 saturated heterocycles. The zero-order valence-corrected chi connectivity index (χ0v) is 11.1. The van der Waals surface area contributed by atoms with E-state index in [0.29, 0.717) is 5.92 Å². The fourth-order valence-corrected chi connectivity index (χ4v) is 2.56. The van der Waals surface area contributed by atoms with Gasteiger partial charge in [0.05, 0.1) is 6.10 Å². The van der Waals surface area contributed by atoms with Crippen molar-refractivity contribution in [1.29, 1.82) is 0 Å². The van der Waals surface area contributed by atoms with Crippen molar-refractivity contribution >= 4 is 0 Å². The van der Waals surface area contributed by atoms with E-state index in [0.717, 1.165) is 12.8 Å². The normalized spacial score (nSPS) is 31.6. The Morgan fingerprint density at radius 3 is 2.67 bits per heavy atom. The van der Waals surface area contributed by atoms with Crippen molar-refractivity contribution in [1.82, 2.24) is 0 Å². The molecule has 1 fully saturated rings. The van der Waals surface area contributed by atoms with Crippen LogP contribution in [0.25, 0.3) is 0 Å². The molecule has 1 aliphatic heterocycles. The summed E-state index contributed by atoms with van der Waals surface area (Å²) in [6.07, 6.45) is 7.56. The van der Waals surface area contributed by atoms with Gasteiger partial charge in [-0.25, -0.2) is 0 Å². The van der Waals surface area contributed by atoms with Crippen molar-refractivity contribution in [2.24, 2.45) is 5.92 Å². The highest BCUT2D eigenvalue weighted by Gasteiger charge is 2.38. The molecule has 94 valence electrons. The molecule has 1 aromatic carbocycles. The molecule has 1 heteroatoms. The van der Waals surface area contributed by atoms with E-state index in [1.807, 2.05) is 25.1 Å². The first-order chi connectivity index (χ1) is 8.56. The highest BCUT2D eigenvalue weighted by atomic mass is 16.5. The molecule has 0 saturated carbocycles. The molecule has 1 aliphatic rings. The Morgan fingerprint density at radius 2 is 2.11 bits per heavy atom. The van der Waals surface area contributed by atoms with Gasteiger partial charge in [-0.1, -0.05) is 48.4 Å². The Morgan fingerprint density at radius 1 is 1.44 bits per heavy atom. The molecular formula is C17H20O. The summed E-state index contributed by atoms with van der Waals surface area (Å²) in [5.41, 5.74) is 1.90. The van der Waals surface area contributed by atoms with Gasteiger partial charge >= 0.3 is 0 Å². The largest absolute Gasteiger partial charge is 0.354 e. The van der Waals surface area contributed by atoms with Crippen LogP contribution in [0.2, 0.25) is 0 Å². The van der Waals surface area contributed by atoms with Crippen LogP contribution in [0.5, 0.6) is 0 Å². The topological polar surface area (TPSA) is 9.23 Å². The zero-order chi connectivity index (χ0) is 13.2. The maximum atomic E-state index is 6.19. The second-order valence-corrected chi connectivity index (χ2v) is 5.32. The Labute approximate surface area is 110 Å². The van der Waals surface area contributed by atoms with E-state index in [1.54, 1.807) is 0 Å². The Bertz CT molecular complexity index is 468. The number of benzene rings is 1. The first kappa shape index (κ1) is 12.9. The molecule has 2 rings (SSSR count). The summed E-state index contributed by atoms with van der Waals surface area (Å²) < 4.78 is 6.19. The van der Waals surface area contributed by atoms with E-state index < -0.39 is 5.60 Å². The fourth-order valence-electron chi connectivity index (χ4n) is 2.56. The summed E-state index contributed by atoms with van der Waals surface area (Å²) in [6, 6.07) is 10.3. The highest BCUT2D eigenvalue weighted by molar-refractivity contribution is 5.23. The molecule has 1 heterocycles. The quantitative estimate of drug-likeness (QED) is 0.558. The van der Waals surface area contributed by atoms with Gasteiger partial charge in [0.1, 0.15) is 5.60 Å². The SMILES string of the molecule is C#C[C@@]1(C)CC[C@H](C(=C)C)[C@H](c2ccccc2)O1. The average Bonchev–Trinajstić information content (AvgIpc) is 2.39. The van der Waals surface area contributed by atoms with Crippen molar-refractivity contribution in [3.63, 3.8) is 0 Å². The summed E-state index contributed by atoms with van der Waals surface area (Å²) in [5.74, 6) is 3.14. The molecule has 0 bridgehead atoms. The lowest BCUT2D eigenvalue weighted by atomic mass is 9.80. The first-order valence-corrected chi connectivity index (χ1v) is 6.42. The van der Waals surface area contributed by atoms with Gasteiger partial charge in [-0.3, -0.25) is 0 Å². The molecule has 1 nitrogen and oxygen atoms in total. The standard InChI is InChI=1S/C17H20O/c1-5-17(4)12-11-15(13(2)3)16(18-17)14-9-7-6-8-10-14/h1,6-10,15-16H,2,11-12H2,3-4H3/t15-,16+,17+/m1/s1. The van der Waals surface area contributed by atoms with Gasteiger partial charge < -0.3 is 4.74 Å². The minimum absolute atomic E-state index is 0.0264. The summed E-state index contributed by atoms with van der Waals surface area (Å²) in [4.78, 5) is 0. The van der Waals surface area contributed by atoms with E-state index in [2.05, 4.69) is 31.6 Å². The molecule has 1 aromatic rings. The second-order valence-electron chi connectivity index (χ2n) is 5.32. The van der Waals surface area contributed by atoms with Gasteiger partial charge in [-0.2, -0.15) is 0 Å². The molecule has 0 radical (unpaired) electrons. The minimum Gasteiger partial charge on any atom is -0.354 e. The number of rotatable bonds is 2. The number of terminal acetylenes is 1. The van der Waals surface area contributed by atoms with E-state index >= 15 is 0 Å². The molecule has 0 N–H and O–H groups in total. The van der Waals surface area contributed by atoms with Gasteiger partial charge in [0.25, 0.3) is 0 Å². The van der Waals surface area contributed by atoms with E-state index in [-0.39, 0.29) is 6.10 Å². The highest BCUT2D eigenvalue weighted by Crippen LogP contribution is 2.43. The first-order valence-electron chi connectivity index (χ1n) is 6.42. The summed E-state index contributed by atoms with van der Waals surface area (Å²) in [6.45, 7) is 8.17. The predicted molar refractivity (Wildman–Crippen MR) is 75.0 cm³/mol. The Hall–Kier alpha value is -1.52. The molecule has 0 aromatic heterocycles. The Balaban J connectivity index is 2.32. The van der Waals surface area contributed by atoms with Crippen LogP contribution in [0.1, 0.15) is 38.4 Å². The number of ether oxygens (including phenoxy) is 1. The maximum absolute atomic E-state index is 6.19. The minimum atomic E-state index is -0.452. The maximum Gasteiger partial charge on any atom is 0.126 e. The van der Waals surface area contributed by atoms with Crippen molar-refractivity contribution in [2.75, 3.05) is 0 Å². The van der Waals surface area contributed by atoms with Crippen LogP contribution in [-0.4, -0.2) is 5.60 Å². The third-order valence-electron chi connectivity index (χ3n) is 3.75. The predicted octanol–water partition coefficient (Wildman–Crippen LogP) is 4.12. The van der Waals surface area contributed by atoms with Gasteiger partial charge in [0, 0.05) is 5.92 Å². The van der Waals surface area contributed by atoms with E-state index in [1.165, 1.54) is 11.1 Å². The van der Waals surface area contributed by atoms with Gasteiger partial charge in [-0.15, -0.1) is 6.42 Å². The van der Waals surface area contributed by atoms with Gasteiger partial charge in [-0.05, 0) is 32.3 Å². The number of hydrogen-bond donors (Lipinski definition) is 0. The average molecular weight is 240 g/mol. The van der Waals surface area contributed by atoms with Crippen LogP contribution in [-0.2, 0) is 4.74 Å². The molecule has 18 heavy (non-hydrogen) atoms. The zero-order valence-electron chi connectivity index (χ0n) is 11.1. The fraction of sp³-hybridized carbons (Fsp3) is 0.412. The van der Waals surface area contributed by atoms with Gasteiger partial charge in [0.2, 0.25) is 0 Å². The van der Waals surface area contributed by atoms with Crippen LogP contribution in [0.4, 0.5) is 0 Å².